The zero-order valence-electron chi connectivity index (χ0n) is 14.6. The molecule has 1 heterocycles. The maximum Gasteiger partial charge on any atom is 0.407 e. The van der Waals surface area contributed by atoms with Gasteiger partial charge >= 0.3 is 6.09 Å². The van der Waals surface area contributed by atoms with Crippen molar-refractivity contribution < 1.29 is 24.0 Å². The normalized spacial score (nSPS) is 22.0. The van der Waals surface area contributed by atoms with Crippen molar-refractivity contribution in [2.24, 2.45) is 11.8 Å². The molecule has 1 saturated carbocycles. The molecule has 0 saturated heterocycles. The zero-order chi connectivity index (χ0) is 18.2. The minimum Gasteiger partial charge on any atom is -0.444 e. The lowest BCUT2D eigenvalue weighted by Crippen LogP contribution is -2.34. The van der Waals surface area contributed by atoms with Crippen molar-refractivity contribution in [2.75, 3.05) is 13.2 Å². The van der Waals surface area contributed by atoms with Gasteiger partial charge in [0.15, 0.2) is 0 Å². The molecule has 0 unspecified atom stereocenters. The molecule has 1 aliphatic heterocycles. The van der Waals surface area contributed by atoms with Crippen LogP contribution in [0, 0.1) is 11.8 Å². The fourth-order valence-electron chi connectivity index (χ4n) is 2.75. The van der Waals surface area contributed by atoms with E-state index >= 15 is 0 Å². The van der Waals surface area contributed by atoms with Gasteiger partial charge in [0.1, 0.15) is 5.60 Å². The Hall–Kier alpha value is -2.41. The number of nitrogens with one attached hydrogen (secondary N) is 1. The highest BCUT2D eigenvalue weighted by molar-refractivity contribution is 6.20. The van der Waals surface area contributed by atoms with Crippen LogP contribution in [-0.2, 0) is 9.57 Å². The van der Waals surface area contributed by atoms with Crippen molar-refractivity contribution in [3.63, 3.8) is 0 Å². The number of benzene rings is 1. The average molecular weight is 346 g/mol. The van der Waals surface area contributed by atoms with Gasteiger partial charge in [-0.2, -0.15) is 0 Å². The first kappa shape index (κ1) is 17.4. The smallest absolute Gasteiger partial charge is 0.407 e. The van der Waals surface area contributed by atoms with Crippen molar-refractivity contribution in [3.8, 4) is 0 Å². The topological polar surface area (TPSA) is 84.9 Å². The van der Waals surface area contributed by atoms with Gasteiger partial charge in [0, 0.05) is 6.54 Å². The van der Waals surface area contributed by atoms with Crippen LogP contribution in [-0.4, -0.2) is 41.7 Å². The molecule has 1 fully saturated rings. The fraction of sp³-hybridized carbons (Fsp3) is 0.500. The molecule has 0 spiro atoms. The highest BCUT2D eigenvalue weighted by atomic mass is 16.7. The first-order valence-electron chi connectivity index (χ1n) is 8.34. The zero-order valence-corrected chi connectivity index (χ0v) is 14.6. The summed E-state index contributed by atoms with van der Waals surface area (Å²) in [5.74, 6) is -0.378. The van der Waals surface area contributed by atoms with Crippen molar-refractivity contribution >= 4 is 17.9 Å². The Morgan fingerprint density at radius 1 is 1.16 bits per heavy atom. The van der Waals surface area contributed by atoms with Crippen LogP contribution >= 0.6 is 0 Å². The molecule has 0 radical (unpaired) electrons. The Morgan fingerprint density at radius 2 is 1.76 bits per heavy atom. The Labute approximate surface area is 146 Å². The van der Waals surface area contributed by atoms with Gasteiger partial charge in [0.25, 0.3) is 11.8 Å². The number of hydrogen-bond acceptors (Lipinski definition) is 5. The van der Waals surface area contributed by atoms with Crippen molar-refractivity contribution in [1.29, 1.82) is 0 Å². The summed E-state index contributed by atoms with van der Waals surface area (Å²) in [6, 6.07) is 6.66. The summed E-state index contributed by atoms with van der Waals surface area (Å²) in [6.07, 6.45) is 0.429. The number of imide groups is 1. The monoisotopic (exact) mass is 346 g/mol. The number of amides is 3. The maximum absolute atomic E-state index is 12.2. The lowest BCUT2D eigenvalue weighted by Gasteiger charge is -2.19. The van der Waals surface area contributed by atoms with Gasteiger partial charge < -0.3 is 10.1 Å². The van der Waals surface area contributed by atoms with Gasteiger partial charge in [-0.15, -0.1) is 5.06 Å². The quantitative estimate of drug-likeness (QED) is 0.828. The molecule has 2 aliphatic rings. The molecule has 134 valence electrons. The second-order valence-electron chi connectivity index (χ2n) is 7.38. The van der Waals surface area contributed by atoms with Crippen LogP contribution in [0.2, 0.25) is 0 Å². The third kappa shape index (κ3) is 3.99. The van der Waals surface area contributed by atoms with E-state index in [0.717, 1.165) is 11.5 Å². The lowest BCUT2D eigenvalue weighted by molar-refractivity contribution is -0.0959. The van der Waals surface area contributed by atoms with Gasteiger partial charge in [-0.25, -0.2) is 4.79 Å². The number of nitrogens with zero attached hydrogens (tertiary/aromatic N) is 1. The highest BCUT2D eigenvalue weighted by Crippen LogP contribution is 2.38. The first-order valence-corrected chi connectivity index (χ1v) is 8.34. The van der Waals surface area contributed by atoms with E-state index in [-0.39, 0.29) is 18.4 Å². The van der Waals surface area contributed by atoms with E-state index < -0.39 is 23.5 Å². The van der Waals surface area contributed by atoms with E-state index in [9.17, 15) is 14.4 Å². The van der Waals surface area contributed by atoms with Crippen LogP contribution in [0.5, 0.6) is 0 Å². The van der Waals surface area contributed by atoms with Gasteiger partial charge in [-0.05, 0) is 51.2 Å². The maximum atomic E-state index is 12.2. The standard InChI is InChI=1S/C18H22N2O5/c1-18(2,3)25-17(23)19-9-11-8-12(11)10-24-20-15(21)13-6-4-5-7-14(13)16(20)22/h4-7,11-12H,8-10H2,1-3H3,(H,19,23)/t11-,12+/m1/s1. The Kier molecular flexibility index (Phi) is 4.51. The van der Waals surface area contributed by atoms with Crippen molar-refractivity contribution in [1.82, 2.24) is 10.4 Å². The second kappa shape index (κ2) is 6.48. The van der Waals surface area contributed by atoms with Crippen LogP contribution in [0.15, 0.2) is 24.3 Å². The molecule has 1 N–H and O–H groups in total. The number of ether oxygens (including phenoxy) is 1. The fourth-order valence-corrected chi connectivity index (χ4v) is 2.75. The summed E-state index contributed by atoms with van der Waals surface area (Å²) >= 11 is 0. The average Bonchev–Trinajstić information content (AvgIpc) is 3.24. The number of alkyl carbamates (subject to hydrolysis) is 1. The molecule has 3 rings (SSSR count). The largest absolute Gasteiger partial charge is 0.444 e. The van der Waals surface area contributed by atoms with Crippen LogP contribution in [0.25, 0.3) is 0 Å². The second-order valence-corrected chi connectivity index (χ2v) is 7.38. The molecule has 0 aromatic heterocycles. The highest BCUT2D eigenvalue weighted by Gasteiger charge is 2.41. The molecule has 1 aromatic carbocycles. The minimum atomic E-state index is -0.526. The molecule has 7 nitrogen and oxygen atoms in total. The van der Waals surface area contributed by atoms with Gasteiger partial charge in [-0.3, -0.25) is 14.4 Å². The number of fused-ring (bicyclic) bond motifs is 1. The van der Waals surface area contributed by atoms with Crippen LogP contribution in [0.1, 0.15) is 47.9 Å². The van der Waals surface area contributed by atoms with Gasteiger partial charge in [0.05, 0.1) is 17.7 Å². The van der Waals surface area contributed by atoms with Crippen LogP contribution in [0.4, 0.5) is 4.79 Å². The minimum absolute atomic E-state index is 0.208. The molecule has 2 atom stereocenters. The third-order valence-electron chi connectivity index (χ3n) is 4.15. The molecular weight excluding hydrogens is 324 g/mol. The molecular formula is C18H22N2O5. The number of rotatable bonds is 5. The molecule has 1 aliphatic carbocycles. The summed E-state index contributed by atoms with van der Waals surface area (Å²) in [4.78, 5) is 41.4. The van der Waals surface area contributed by atoms with Crippen LogP contribution in [0.3, 0.4) is 0 Å². The van der Waals surface area contributed by atoms with E-state index in [4.69, 9.17) is 9.57 Å². The molecule has 0 bridgehead atoms. The SMILES string of the molecule is CC(C)(C)OC(=O)NC[C@H]1C[C@H]1CON1C(=O)c2ccccc2C1=O. The number of carbonyl (C=O) groups excluding carboxylic acids is 3. The molecule has 7 heteroatoms. The molecule has 3 amide bonds. The van der Waals surface area contributed by atoms with Crippen molar-refractivity contribution in [3.05, 3.63) is 35.4 Å². The number of hydroxylamine groups is 2. The van der Waals surface area contributed by atoms with E-state index in [1.807, 2.05) is 20.8 Å². The third-order valence-corrected chi connectivity index (χ3v) is 4.15. The Bertz CT molecular complexity index is 675. The van der Waals surface area contributed by atoms with E-state index in [1.165, 1.54) is 0 Å². The molecule has 1 aromatic rings. The summed E-state index contributed by atoms with van der Waals surface area (Å²) in [5, 5.41) is 3.56. The summed E-state index contributed by atoms with van der Waals surface area (Å²) < 4.78 is 5.18. The van der Waals surface area contributed by atoms with Gasteiger partial charge in [0.2, 0.25) is 0 Å². The summed E-state index contributed by atoms with van der Waals surface area (Å²) in [5.41, 5.74) is 0.208. The molecule has 25 heavy (non-hydrogen) atoms. The predicted molar refractivity (Wildman–Crippen MR) is 88.7 cm³/mol. The summed E-state index contributed by atoms with van der Waals surface area (Å²) in [7, 11) is 0. The number of hydrogen-bond donors (Lipinski definition) is 1. The summed E-state index contributed by atoms with van der Waals surface area (Å²) in [6.45, 7) is 6.19. The Balaban J connectivity index is 1.42. The first-order chi connectivity index (χ1) is 11.8. The van der Waals surface area contributed by atoms with E-state index in [2.05, 4.69) is 5.32 Å². The lowest BCUT2D eigenvalue weighted by atomic mass is 10.1. The number of carbonyl (C=O) groups is 3. The van der Waals surface area contributed by atoms with Crippen LogP contribution < -0.4 is 5.32 Å². The van der Waals surface area contributed by atoms with Crippen molar-refractivity contribution in [2.45, 2.75) is 32.8 Å². The predicted octanol–water partition coefficient (Wildman–Crippen LogP) is 2.38. The van der Waals surface area contributed by atoms with Gasteiger partial charge in [-0.1, -0.05) is 12.1 Å². The Morgan fingerprint density at radius 3 is 2.32 bits per heavy atom. The van der Waals surface area contributed by atoms with E-state index in [0.29, 0.717) is 17.7 Å². The van der Waals surface area contributed by atoms with E-state index in [1.54, 1.807) is 24.3 Å².